The molecule has 0 aromatic heterocycles. The molecule has 0 radical (unpaired) electrons. The molecule has 0 heterocycles. The number of benzene rings is 3. The fraction of sp³-hybridized carbons (Fsp3) is 0.344. The minimum atomic E-state index is -0.968. The highest BCUT2D eigenvalue weighted by Gasteiger charge is 2.37. The molecule has 3 amide bonds. The van der Waals surface area contributed by atoms with Gasteiger partial charge in [0.1, 0.15) is 17.7 Å². The number of ether oxygens (including phenoxy) is 1. The van der Waals surface area contributed by atoms with Crippen LogP contribution in [-0.4, -0.2) is 41.0 Å². The van der Waals surface area contributed by atoms with Gasteiger partial charge >= 0.3 is 6.09 Å². The van der Waals surface area contributed by atoms with Crippen LogP contribution in [0.15, 0.2) is 79.4 Å². The van der Waals surface area contributed by atoms with E-state index in [4.69, 9.17) is 4.74 Å². The van der Waals surface area contributed by atoms with Gasteiger partial charge in [-0.3, -0.25) is 9.59 Å². The molecule has 7 nitrogen and oxygen atoms in total. The van der Waals surface area contributed by atoms with Crippen molar-refractivity contribution in [3.8, 4) is 0 Å². The molecular formula is C32H39N3O4. The number of fused-ring (bicyclic) bond motifs is 1. The van der Waals surface area contributed by atoms with E-state index in [1.807, 2.05) is 87.5 Å². The van der Waals surface area contributed by atoms with Crippen LogP contribution in [0.25, 0.3) is 10.8 Å². The Bertz CT molecular complexity index is 1330. The van der Waals surface area contributed by atoms with Crippen molar-refractivity contribution in [2.75, 3.05) is 11.9 Å². The van der Waals surface area contributed by atoms with Crippen molar-refractivity contribution in [3.05, 3.63) is 90.5 Å². The van der Waals surface area contributed by atoms with Crippen molar-refractivity contribution >= 4 is 34.4 Å². The van der Waals surface area contributed by atoms with Gasteiger partial charge in [-0.1, -0.05) is 80.1 Å². The highest BCUT2D eigenvalue weighted by Crippen LogP contribution is 2.27. The standard InChI is InChI=1S/C32H39N3O4/c1-8-19-35(30(37)27(21(2)3)34-31(38)39-32(5,6)7)28(24-15-13-22(4)14-16-24)29(36)33-26-18-17-23-11-9-10-12-25(23)20-26/h8-18,20-21,27-28H,1,19H2,2-7H3,(H,33,36)(H,34,38). The molecule has 206 valence electrons. The normalized spacial score (nSPS) is 12.9. The molecule has 2 unspecified atom stereocenters. The van der Waals surface area contributed by atoms with Crippen molar-refractivity contribution in [2.24, 2.45) is 5.92 Å². The maximum Gasteiger partial charge on any atom is 0.408 e. The summed E-state index contributed by atoms with van der Waals surface area (Å²) in [6, 6.07) is 19.2. The summed E-state index contributed by atoms with van der Waals surface area (Å²) in [5.74, 6) is -1.04. The topological polar surface area (TPSA) is 87.7 Å². The first kappa shape index (κ1) is 29.4. The van der Waals surface area contributed by atoms with Crippen molar-refractivity contribution in [1.82, 2.24) is 10.2 Å². The fourth-order valence-electron chi connectivity index (χ4n) is 4.29. The molecule has 0 bridgehead atoms. The zero-order valence-electron chi connectivity index (χ0n) is 23.7. The Morgan fingerprint density at radius 2 is 1.62 bits per heavy atom. The van der Waals surface area contributed by atoms with Crippen LogP contribution in [0.3, 0.4) is 0 Å². The van der Waals surface area contributed by atoms with Gasteiger partial charge < -0.3 is 20.3 Å². The molecule has 0 saturated carbocycles. The molecule has 0 aliphatic heterocycles. The third-order valence-corrected chi connectivity index (χ3v) is 6.18. The predicted molar refractivity (Wildman–Crippen MR) is 156 cm³/mol. The quantitative estimate of drug-likeness (QED) is 0.314. The summed E-state index contributed by atoms with van der Waals surface area (Å²) in [5, 5.41) is 7.77. The number of nitrogens with one attached hydrogen (secondary N) is 2. The maximum absolute atomic E-state index is 14.0. The van der Waals surface area contributed by atoms with E-state index in [2.05, 4.69) is 17.2 Å². The number of hydrogen-bond donors (Lipinski definition) is 2. The molecule has 2 atom stereocenters. The Hall–Kier alpha value is -4.13. The van der Waals surface area contributed by atoms with E-state index in [0.29, 0.717) is 11.3 Å². The molecule has 7 heteroatoms. The van der Waals surface area contributed by atoms with Crippen LogP contribution in [-0.2, 0) is 14.3 Å². The second-order valence-electron chi connectivity index (χ2n) is 11.0. The molecule has 0 fully saturated rings. The lowest BCUT2D eigenvalue weighted by Crippen LogP contribution is -2.54. The van der Waals surface area contributed by atoms with Gasteiger partial charge in [-0.15, -0.1) is 6.58 Å². The first-order chi connectivity index (χ1) is 18.4. The summed E-state index contributed by atoms with van der Waals surface area (Å²) in [5.41, 5.74) is 1.57. The van der Waals surface area contributed by atoms with Gasteiger partial charge in [-0.25, -0.2) is 4.79 Å². The molecule has 0 aliphatic rings. The van der Waals surface area contributed by atoms with Gasteiger partial charge in [0, 0.05) is 12.2 Å². The number of alkyl carbamates (subject to hydrolysis) is 1. The minimum Gasteiger partial charge on any atom is -0.444 e. The molecule has 0 saturated heterocycles. The van der Waals surface area contributed by atoms with Crippen LogP contribution in [0, 0.1) is 12.8 Å². The molecule has 2 N–H and O–H groups in total. The highest BCUT2D eigenvalue weighted by molar-refractivity contribution is 6.00. The molecular weight excluding hydrogens is 490 g/mol. The zero-order chi connectivity index (χ0) is 28.7. The second-order valence-corrected chi connectivity index (χ2v) is 11.0. The second kappa shape index (κ2) is 12.6. The van der Waals surface area contributed by atoms with Gasteiger partial charge in [-0.2, -0.15) is 0 Å². The Morgan fingerprint density at radius 3 is 2.21 bits per heavy atom. The SMILES string of the molecule is C=CCN(C(=O)C(NC(=O)OC(C)(C)C)C(C)C)C(C(=O)Nc1ccc2ccccc2c1)c1ccc(C)cc1. The summed E-state index contributed by atoms with van der Waals surface area (Å²) >= 11 is 0. The van der Waals surface area contributed by atoms with E-state index in [9.17, 15) is 14.4 Å². The third-order valence-electron chi connectivity index (χ3n) is 6.18. The number of amides is 3. The van der Waals surface area contributed by atoms with Gasteiger partial charge in [0.15, 0.2) is 0 Å². The smallest absolute Gasteiger partial charge is 0.408 e. The molecule has 39 heavy (non-hydrogen) atoms. The summed E-state index contributed by atoms with van der Waals surface area (Å²) in [4.78, 5) is 42.0. The molecule has 3 aromatic rings. The zero-order valence-corrected chi connectivity index (χ0v) is 23.7. The first-order valence-corrected chi connectivity index (χ1v) is 13.2. The molecule has 3 rings (SSSR count). The fourth-order valence-corrected chi connectivity index (χ4v) is 4.29. The van der Waals surface area contributed by atoms with Crippen molar-refractivity contribution in [1.29, 1.82) is 0 Å². The third kappa shape index (κ3) is 7.93. The van der Waals surface area contributed by atoms with Gasteiger partial charge in [0.2, 0.25) is 5.91 Å². The van der Waals surface area contributed by atoms with Gasteiger partial charge in [0.25, 0.3) is 5.91 Å². The van der Waals surface area contributed by atoms with Crippen LogP contribution < -0.4 is 10.6 Å². The Morgan fingerprint density at radius 1 is 0.974 bits per heavy atom. The molecule has 3 aromatic carbocycles. The number of carbonyl (C=O) groups excluding carboxylic acids is 3. The van der Waals surface area contributed by atoms with E-state index in [1.54, 1.807) is 26.8 Å². The monoisotopic (exact) mass is 529 g/mol. The summed E-state index contributed by atoms with van der Waals surface area (Å²) in [6.45, 7) is 14.8. The van der Waals surface area contributed by atoms with Crippen LogP contribution in [0.2, 0.25) is 0 Å². The molecule has 0 spiro atoms. The number of anilines is 1. The Balaban J connectivity index is 1.99. The Kier molecular flexibility index (Phi) is 9.51. The van der Waals surface area contributed by atoms with Crippen molar-refractivity contribution in [2.45, 2.75) is 59.2 Å². The van der Waals surface area contributed by atoms with E-state index < -0.39 is 29.7 Å². The summed E-state index contributed by atoms with van der Waals surface area (Å²) < 4.78 is 5.41. The minimum absolute atomic E-state index is 0.0989. The van der Waals surface area contributed by atoms with E-state index in [1.165, 1.54) is 4.90 Å². The van der Waals surface area contributed by atoms with Crippen LogP contribution >= 0.6 is 0 Å². The van der Waals surface area contributed by atoms with Gasteiger partial charge in [0.05, 0.1) is 0 Å². The molecule has 0 aliphatic carbocycles. The van der Waals surface area contributed by atoms with Crippen LogP contribution in [0.5, 0.6) is 0 Å². The van der Waals surface area contributed by atoms with Crippen LogP contribution in [0.1, 0.15) is 51.8 Å². The summed E-state index contributed by atoms with van der Waals surface area (Å²) in [6.07, 6.45) is 0.883. The number of hydrogen-bond acceptors (Lipinski definition) is 4. The van der Waals surface area contributed by atoms with E-state index in [-0.39, 0.29) is 18.4 Å². The Labute approximate surface area is 231 Å². The first-order valence-electron chi connectivity index (χ1n) is 13.2. The highest BCUT2D eigenvalue weighted by atomic mass is 16.6. The largest absolute Gasteiger partial charge is 0.444 e. The number of rotatable bonds is 9. The number of aryl methyl sites for hydroxylation is 1. The maximum atomic E-state index is 14.0. The van der Waals surface area contributed by atoms with Crippen molar-refractivity contribution in [3.63, 3.8) is 0 Å². The lowest BCUT2D eigenvalue weighted by Gasteiger charge is -2.35. The van der Waals surface area contributed by atoms with E-state index >= 15 is 0 Å². The average molecular weight is 530 g/mol. The number of carbonyl (C=O) groups is 3. The summed E-state index contributed by atoms with van der Waals surface area (Å²) in [7, 11) is 0. The predicted octanol–water partition coefficient (Wildman–Crippen LogP) is 6.39. The van der Waals surface area contributed by atoms with E-state index in [0.717, 1.165) is 16.3 Å². The lowest BCUT2D eigenvalue weighted by molar-refractivity contribution is -0.141. The van der Waals surface area contributed by atoms with Crippen molar-refractivity contribution < 1.29 is 19.1 Å². The van der Waals surface area contributed by atoms with Crippen LogP contribution in [0.4, 0.5) is 10.5 Å². The number of nitrogens with zero attached hydrogens (tertiary/aromatic N) is 1. The average Bonchev–Trinajstić information content (AvgIpc) is 2.86. The van der Waals surface area contributed by atoms with Gasteiger partial charge in [-0.05, 0) is 62.1 Å². The lowest BCUT2D eigenvalue weighted by atomic mass is 9.98.